The van der Waals surface area contributed by atoms with Crippen LogP contribution in [0.2, 0.25) is 0 Å². The van der Waals surface area contributed by atoms with Crippen LogP contribution >= 0.6 is 0 Å². The highest BCUT2D eigenvalue weighted by atomic mass is 19.1. The summed E-state index contributed by atoms with van der Waals surface area (Å²) in [5, 5.41) is 14.2. The van der Waals surface area contributed by atoms with Gasteiger partial charge in [-0.25, -0.2) is 4.39 Å². The number of benzene rings is 2. The molecule has 1 fully saturated rings. The first-order valence-corrected chi connectivity index (χ1v) is 10.9. The molecule has 2 N–H and O–H groups in total. The molecule has 5 nitrogen and oxygen atoms in total. The SMILES string of the molecule is CN(Cc1cncc(F)c1)C(=O)c1ccc(C[C@@H]2CC[C@H]([C@H](O)c3ccccc3)N2)cc1. The Hall–Kier alpha value is -3.09. The van der Waals surface area contributed by atoms with Gasteiger partial charge in [-0.3, -0.25) is 9.78 Å². The molecule has 2 aromatic carbocycles. The normalized spacial score (nSPS) is 19.0. The molecule has 2 heterocycles. The molecule has 0 unspecified atom stereocenters. The van der Waals surface area contributed by atoms with E-state index in [1.807, 2.05) is 54.6 Å². The minimum atomic E-state index is -0.509. The van der Waals surface area contributed by atoms with Crippen LogP contribution in [-0.4, -0.2) is 40.0 Å². The number of hydrogen-bond donors (Lipinski definition) is 2. The van der Waals surface area contributed by atoms with E-state index in [9.17, 15) is 14.3 Å². The quantitative estimate of drug-likeness (QED) is 0.593. The van der Waals surface area contributed by atoms with Crippen molar-refractivity contribution in [2.24, 2.45) is 0 Å². The molecule has 166 valence electrons. The highest BCUT2D eigenvalue weighted by molar-refractivity contribution is 5.94. The fraction of sp³-hybridized carbons (Fsp3) is 0.308. The lowest BCUT2D eigenvalue weighted by Gasteiger charge is -2.20. The Morgan fingerprint density at radius 1 is 1.12 bits per heavy atom. The van der Waals surface area contributed by atoms with Gasteiger partial charge in [0.15, 0.2) is 0 Å². The number of aliphatic hydroxyl groups excluding tert-OH is 1. The number of hydrogen-bond acceptors (Lipinski definition) is 4. The molecule has 4 rings (SSSR count). The molecule has 32 heavy (non-hydrogen) atoms. The van der Waals surface area contributed by atoms with Gasteiger partial charge in [-0.05, 0) is 54.2 Å². The van der Waals surface area contributed by atoms with Crippen LogP contribution in [0.3, 0.4) is 0 Å². The lowest BCUT2D eigenvalue weighted by Crippen LogP contribution is -2.35. The summed E-state index contributed by atoms with van der Waals surface area (Å²) in [5.41, 5.74) is 3.33. The number of amides is 1. The second-order valence-electron chi connectivity index (χ2n) is 8.48. The van der Waals surface area contributed by atoms with Gasteiger partial charge in [-0.15, -0.1) is 0 Å². The van der Waals surface area contributed by atoms with E-state index in [1.165, 1.54) is 6.07 Å². The summed E-state index contributed by atoms with van der Waals surface area (Å²) < 4.78 is 13.3. The fourth-order valence-corrected chi connectivity index (χ4v) is 4.32. The van der Waals surface area contributed by atoms with Crippen LogP contribution in [0.1, 0.15) is 46.0 Å². The molecule has 0 bridgehead atoms. The summed E-state index contributed by atoms with van der Waals surface area (Å²) in [6.45, 7) is 0.294. The number of halogens is 1. The van der Waals surface area contributed by atoms with Crippen molar-refractivity contribution in [3.05, 3.63) is 101 Å². The first kappa shape index (κ1) is 22.1. The zero-order valence-corrected chi connectivity index (χ0v) is 18.1. The largest absolute Gasteiger partial charge is 0.387 e. The highest BCUT2D eigenvalue weighted by Gasteiger charge is 2.29. The molecule has 3 atom stereocenters. The Morgan fingerprint density at radius 2 is 1.88 bits per heavy atom. The Morgan fingerprint density at radius 3 is 2.59 bits per heavy atom. The molecule has 1 saturated heterocycles. The molecule has 0 radical (unpaired) electrons. The van der Waals surface area contributed by atoms with Crippen LogP contribution in [0.5, 0.6) is 0 Å². The van der Waals surface area contributed by atoms with E-state index in [1.54, 1.807) is 18.1 Å². The number of aromatic nitrogens is 1. The number of carbonyl (C=O) groups is 1. The molecule has 0 saturated carbocycles. The van der Waals surface area contributed by atoms with Gasteiger partial charge in [0.25, 0.3) is 5.91 Å². The topological polar surface area (TPSA) is 65.5 Å². The van der Waals surface area contributed by atoms with Crippen LogP contribution in [0, 0.1) is 5.82 Å². The summed E-state index contributed by atoms with van der Waals surface area (Å²) in [7, 11) is 1.70. The maximum absolute atomic E-state index is 13.3. The van der Waals surface area contributed by atoms with Crippen molar-refractivity contribution in [2.45, 2.75) is 44.0 Å². The van der Waals surface area contributed by atoms with Gasteiger partial charge in [-0.2, -0.15) is 0 Å². The third kappa shape index (κ3) is 5.39. The average Bonchev–Trinajstić information content (AvgIpc) is 3.27. The lowest BCUT2D eigenvalue weighted by atomic mass is 10.0. The standard InChI is InChI=1S/C26H28FN3O2/c1-30(17-19-13-22(27)16-28-15-19)26(32)21-9-7-18(8-10-21)14-23-11-12-24(29-23)25(31)20-5-3-2-4-6-20/h2-10,13,15-16,23-25,29,31H,11-12,14,17H2,1H3/t23-,24+,25+/m0/s1. The summed E-state index contributed by atoms with van der Waals surface area (Å²) in [5.74, 6) is -0.530. The van der Waals surface area contributed by atoms with Crippen molar-refractivity contribution in [3.63, 3.8) is 0 Å². The van der Waals surface area contributed by atoms with Crippen molar-refractivity contribution in [1.82, 2.24) is 15.2 Å². The third-order valence-electron chi connectivity index (χ3n) is 6.01. The van der Waals surface area contributed by atoms with Gasteiger partial charge in [0.2, 0.25) is 0 Å². The Bertz CT molecular complexity index is 1040. The molecule has 1 amide bonds. The maximum atomic E-state index is 13.3. The first-order valence-electron chi connectivity index (χ1n) is 10.9. The predicted molar refractivity (Wildman–Crippen MR) is 121 cm³/mol. The molecule has 3 aromatic rings. The number of nitrogens with one attached hydrogen (secondary N) is 1. The van der Waals surface area contributed by atoms with Crippen LogP contribution in [0.4, 0.5) is 4.39 Å². The van der Waals surface area contributed by atoms with Gasteiger partial charge in [-0.1, -0.05) is 42.5 Å². The van der Waals surface area contributed by atoms with Gasteiger partial charge in [0.1, 0.15) is 5.82 Å². The molecule has 0 aliphatic carbocycles. The summed E-state index contributed by atoms with van der Waals surface area (Å²) in [4.78, 5) is 18.1. The second kappa shape index (κ2) is 10.0. The number of rotatable bonds is 7. The minimum absolute atomic E-state index is 0.0502. The molecule has 1 aromatic heterocycles. The average molecular weight is 434 g/mol. The molecular weight excluding hydrogens is 405 g/mol. The first-order chi connectivity index (χ1) is 15.5. The number of pyridine rings is 1. The lowest BCUT2D eigenvalue weighted by molar-refractivity contribution is 0.0785. The Kier molecular flexibility index (Phi) is 6.93. The summed E-state index contributed by atoms with van der Waals surface area (Å²) in [6, 6.07) is 19.1. The third-order valence-corrected chi connectivity index (χ3v) is 6.01. The van der Waals surface area contributed by atoms with E-state index >= 15 is 0 Å². The van der Waals surface area contributed by atoms with Crippen molar-refractivity contribution in [3.8, 4) is 0 Å². The van der Waals surface area contributed by atoms with E-state index in [-0.39, 0.29) is 11.9 Å². The molecule has 6 heteroatoms. The Labute approximate surface area is 187 Å². The van der Waals surface area contributed by atoms with E-state index in [4.69, 9.17) is 0 Å². The molecule has 1 aliphatic heterocycles. The van der Waals surface area contributed by atoms with Crippen molar-refractivity contribution < 1.29 is 14.3 Å². The van der Waals surface area contributed by atoms with Crippen molar-refractivity contribution in [2.75, 3.05) is 7.05 Å². The van der Waals surface area contributed by atoms with Gasteiger partial charge in [0, 0.05) is 37.4 Å². The van der Waals surface area contributed by atoms with E-state index < -0.39 is 11.9 Å². The number of aliphatic hydroxyl groups is 1. The van der Waals surface area contributed by atoms with Gasteiger partial charge >= 0.3 is 0 Å². The van der Waals surface area contributed by atoms with E-state index in [0.717, 1.165) is 36.6 Å². The van der Waals surface area contributed by atoms with Crippen molar-refractivity contribution in [1.29, 1.82) is 0 Å². The van der Waals surface area contributed by atoms with E-state index in [2.05, 4.69) is 10.3 Å². The molecule has 0 spiro atoms. The van der Waals surface area contributed by atoms with Gasteiger partial charge in [0.05, 0.1) is 12.3 Å². The molecule has 1 aliphatic rings. The fourth-order valence-electron chi connectivity index (χ4n) is 4.32. The van der Waals surface area contributed by atoms with Crippen molar-refractivity contribution >= 4 is 5.91 Å². The molecular formula is C26H28FN3O2. The number of carbonyl (C=O) groups excluding carboxylic acids is 1. The number of nitrogens with zero attached hydrogens (tertiary/aromatic N) is 2. The minimum Gasteiger partial charge on any atom is -0.387 e. The summed E-state index contributed by atoms with van der Waals surface area (Å²) in [6.07, 6.45) is 4.97. The zero-order valence-electron chi connectivity index (χ0n) is 18.1. The monoisotopic (exact) mass is 433 g/mol. The van der Waals surface area contributed by atoms with Crippen LogP contribution in [0.15, 0.2) is 73.1 Å². The van der Waals surface area contributed by atoms with E-state index in [0.29, 0.717) is 23.7 Å². The summed E-state index contributed by atoms with van der Waals surface area (Å²) >= 11 is 0. The maximum Gasteiger partial charge on any atom is 0.253 e. The van der Waals surface area contributed by atoms with Crippen LogP contribution < -0.4 is 5.32 Å². The van der Waals surface area contributed by atoms with Crippen LogP contribution in [-0.2, 0) is 13.0 Å². The predicted octanol–water partition coefficient (Wildman–Crippen LogP) is 3.89. The Balaban J connectivity index is 1.31. The smallest absolute Gasteiger partial charge is 0.253 e. The zero-order chi connectivity index (χ0) is 22.5. The van der Waals surface area contributed by atoms with Crippen LogP contribution in [0.25, 0.3) is 0 Å². The van der Waals surface area contributed by atoms with Gasteiger partial charge < -0.3 is 15.3 Å². The highest BCUT2D eigenvalue weighted by Crippen LogP contribution is 2.26. The second-order valence-corrected chi connectivity index (χ2v) is 8.48.